The predicted molar refractivity (Wildman–Crippen MR) is 80.4 cm³/mol. The van der Waals surface area contributed by atoms with Crippen LogP contribution in [0.3, 0.4) is 0 Å². The molecule has 3 rings (SSSR count). The molecule has 2 aromatic heterocycles. The predicted octanol–water partition coefficient (Wildman–Crippen LogP) is 0.420. The van der Waals surface area contributed by atoms with E-state index in [-0.39, 0.29) is 5.89 Å². The van der Waals surface area contributed by atoms with Gasteiger partial charge in [0.1, 0.15) is 5.82 Å². The number of rotatable bonds is 5. The molecule has 1 aliphatic heterocycles. The van der Waals surface area contributed by atoms with Gasteiger partial charge < -0.3 is 20.5 Å². The zero-order valence-corrected chi connectivity index (χ0v) is 12.2. The maximum absolute atomic E-state index is 11.7. The Labute approximate surface area is 127 Å². The lowest BCUT2D eigenvalue weighted by Gasteiger charge is -2.15. The van der Waals surface area contributed by atoms with Gasteiger partial charge in [0.15, 0.2) is 0 Å². The molecule has 116 valence electrons. The number of nitrogens with two attached hydrogens (primary N) is 1. The van der Waals surface area contributed by atoms with E-state index in [1.165, 1.54) is 12.8 Å². The molecule has 0 aliphatic carbocycles. The molecule has 0 bridgehead atoms. The van der Waals surface area contributed by atoms with Crippen LogP contribution in [-0.2, 0) is 0 Å². The molecule has 0 saturated carbocycles. The van der Waals surface area contributed by atoms with E-state index in [2.05, 4.69) is 25.3 Å². The number of pyridine rings is 1. The average molecular weight is 302 g/mol. The fourth-order valence-corrected chi connectivity index (χ4v) is 2.35. The van der Waals surface area contributed by atoms with Crippen LogP contribution in [0.2, 0.25) is 0 Å². The van der Waals surface area contributed by atoms with E-state index in [0.29, 0.717) is 24.5 Å². The number of carbonyl (C=O) groups is 1. The number of hydrogen-bond acceptors (Lipinski definition) is 7. The van der Waals surface area contributed by atoms with E-state index in [4.69, 9.17) is 10.3 Å². The summed E-state index contributed by atoms with van der Waals surface area (Å²) in [5, 5.41) is 6.39. The smallest absolute Gasteiger partial charge is 0.316 e. The van der Waals surface area contributed by atoms with Crippen molar-refractivity contribution in [3.8, 4) is 11.4 Å². The third-order valence-corrected chi connectivity index (χ3v) is 3.49. The van der Waals surface area contributed by atoms with Crippen molar-refractivity contribution in [2.45, 2.75) is 12.8 Å². The Morgan fingerprint density at radius 1 is 1.36 bits per heavy atom. The summed E-state index contributed by atoms with van der Waals surface area (Å²) in [6.07, 6.45) is 4.10. The van der Waals surface area contributed by atoms with E-state index in [0.717, 1.165) is 18.9 Å². The molecule has 0 unspecified atom stereocenters. The Morgan fingerprint density at radius 3 is 2.86 bits per heavy atom. The average Bonchev–Trinajstić information content (AvgIpc) is 3.24. The Kier molecular flexibility index (Phi) is 4.29. The van der Waals surface area contributed by atoms with Crippen LogP contribution in [-0.4, -0.2) is 47.2 Å². The van der Waals surface area contributed by atoms with Crippen molar-refractivity contribution in [1.29, 1.82) is 0 Å². The van der Waals surface area contributed by atoms with E-state index in [9.17, 15) is 4.79 Å². The van der Waals surface area contributed by atoms with E-state index >= 15 is 0 Å². The largest absolute Gasteiger partial charge is 0.357 e. The summed E-state index contributed by atoms with van der Waals surface area (Å²) in [7, 11) is 0. The Bertz CT molecular complexity index is 633. The third kappa shape index (κ3) is 3.06. The van der Waals surface area contributed by atoms with Gasteiger partial charge in [-0.05, 0) is 25.0 Å². The molecular weight excluding hydrogens is 284 g/mol. The standard InChI is InChI=1S/C14H18N6O2/c15-5-6-16-13(21)14-18-12(19-22-14)10-3-4-11(17-9-10)20-7-1-2-8-20/h3-4,9H,1-2,5-8,15H2,(H,16,21). The lowest BCUT2D eigenvalue weighted by atomic mass is 10.2. The molecule has 0 aromatic carbocycles. The fraction of sp³-hybridized carbons (Fsp3) is 0.429. The zero-order chi connectivity index (χ0) is 15.4. The SMILES string of the molecule is NCCNC(=O)c1nc(-c2ccc(N3CCCC3)nc2)no1. The highest BCUT2D eigenvalue weighted by molar-refractivity contribution is 5.89. The van der Waals surface area contributed by atoms with Gasteiger partial charge in [0.2, 0.25) is 5.82 Å². The molecule has 0 spiro atoms. The van der Waals surface area contributed by atoms with Crippen molar-refractivity contribution < 1.29 is 9.32 Å². The van der Waals surface area contributed by atoms with Crippen molar-refractivity contribution in [2.24, 2.45) is 5.73 Å². The van der Waals surface area contributed by atoms with Crippen LogP contribution in [0.25, 0.3) is 11.4 Å². The summed E-state index contributed by atoms with van der Waals surface area (Å²) in [5.41, 5.74) is 6.04. The molecule has 1 aliphatic rings. The van der Waals surface area contributed by atoms with E-state index < -0.39 is 5.91 Å². The zero-order valence-electron chi connectivity index (χ0n) is 12.2. The molecule has 2 aromatic rings. The lowest BCUT2D eigenvalue weighted by molar-refractivity contribution is 0.0911. The first-order chi connectivity index (χ1) is 10.8. The normalized spacial score (nSPS) is 14.3. The summed E-state index contributed by atoms with van der Waals surface area (Å²) >= 11 is 0. The monoisotopic (exact) mass is 302 g/mol. The van der Waals surface area contributed by atoms with Gasteiger partial charge in [-0.25, -0.2) is 4.98 Å². The van der Waals surface area contributed by atoms with Crippen LogP contribution in [0.1, 0.15) is 23.5 Å². The molecule has 0 radical (unpaired) electrons. The molecule has 8 heteroatoms. The quantitative estimate of drug-likeness (QED) is 0.823. The first-order valence-electron chi connectivity index (χ1n) is 7.31. The van der Waals surface area contributed by atoms with Crippen molar-refractivity contribution in [1.82, 2.24) is 20.4 Å². The minimum Gasteiger partial charge on any atom is -0.357 e. The van der Waals surface area contributed by atoms with Gasteiger partial charge in [0.25, 0.3) is 0 Å². The van der Waals surface area contributed by atoms with Crippen LogP contribution in [0.5, 0.6) is 0 Å². The van der Waals surface area contributed by atoms with Gasteiger partial charge in [-0.2, -0.15) is 4.98 Å². The van der Waals surface area contributed by atoms with Crippen molar-refractivity contribution in [2.75, 3.05) is 31.1 Å². The molecule has 0 atom stereocenters. The highest BCUT2D eigenvalue weighted by Crippen LogP contribution is 2.21. The third-order valence-electron chi connectivity index (χ3n) is 3.49. The molecule has 1 saturated heterocycles. The van der Waals surface area contributed by atoms with Crippen LogP contribution in [0.4, 0.5) is 5.82 Å². The summed E-state index contributed by atoms with van der Waals surface area (Å²) in [4.78, 5) is 22.4. The maximum Gasteiger partial charge on any atom is 0.316 e. The molecule has 1 amide bonds. The van der Waals surface area contributed by atoms with Gasteiger partial charge in [-0.15, -0.1) is 0 Å². The molecule has 1 fully saturated rings. The highest BCUT2D eigenvalue weighted by atomic mass is 16.5. The number of hydrogen-bond donors (Lipinski definition) is 2. The summed E-state index contributed by atoms with van der Waals surface area (Å²) in [6, 6.07) is 3.82. The molecular formula is C14H18N6O2. The number of aromatic nitrogens is 3. The first kappa shape index (κ1) is 14.5. The van der Waals surface area contributed by atoms with Crippen molar-refractivity contribution in [3.63, 3.8) is 0 Å². The molecule has 8 nitrogen and oxygen atoms in total. The first-order valence-corrected chi connectivity index (χ1v) is 7.31. The summed E-state index contributed by atoms with van der Waals surface area (Å²) in [6.45, 7) is 2.80. The second-order valence-corrected chi connectivity index (χ2v) is 5.07. The second kappa shape index (κ2) is 6.52. The van der Waals surface area contributed by atoms with Crippen LogP contribution in [0, 0.1) is 0 Å². The number of amides is 1. The Morgan fingerprint density at radius 2 is 2.18 bits per heavy atom. The van der Waals surface area contributed by atoms with Crippen LogP contribution < -0.4 is 16.0 Å². The topological polar surface area (TPSA) is 110 Å². The van der Waals surface area contributed by atoms with E-state index in [1.54, 1.807) is 6.20 Å². The van der Waals surface area contributed by atoms with Crippen molar-refractivity contribution in [3.05, 3.63) is 24.2 Å². The van der Waals surface area contributed by atoms with Gasteiger partial charge in [0.05, 0.1) is 0 Å². The number of anilines is 1. The van der Waals surface area contributed by atoms with Gasteiger partial charge >= 0.3 is 11.8 Å². The lowest BCUT2D eigenvalue weighted by Crippen LogP contribution is -2.29. The number of nitrogens with zero attached hydrogens (tertiary/aromatic N) is 4. The fourth-order valence-electron chi connectivity index (χ4n) is 2.35. The number of nitrogens with one attached hydrogen (secondary N) is 1. The van der Waals surface area contributed by atoms with Crippen molar-refractivity contribution >= 4 is 11.7 Å². The Balaban J connectivity index is 1.71. The van der Waals surface area contributed by atoms with Crippen LogP contribution >= 0.6 is 0 Å². The van der Waals surface area contributed by atoms with Gasteiger partial charge in [-0.1, -0.05) is 5.16 Å². The number of carbonyl (C=O) groups excluding carboxylic acids is 1. The minimum atomic E-state index is -0.425. The van der Waals surface area contributed by atoms with Gasteiger partial charge in [0, 0.05) is 37.9 Å². The second-order valence-electron chi connectivity index (χ2n) is 5.07. The molecule has 3 N–H and O–H groups in total. The molecule has 22 heavy (non-hydrogen) atoms. The van der Waals surface area contributed by atoms with Gasteiger partial charge in [-0.3, -0.25) is 4.79 Å². The minimum absolute atomic E-state index is 0.0768. The van der Waals surface area contributed by atoms with E-state index in [1.807, 2.05) is 12.1 Å². The van der Waals surface area contributed by atoms with Crippen LogP contribution in [0.15, 0.2) is 22.9 Å². The molecule has 3 heterocycles. The summed E-state index contributed by atoms with van der Waals surface area (Å²) < 4.78 is 4.96. The highest BCUT2D eigenvalue weighted by Gasteiger charge is 2.17. The summed E-state index contributed by atoms with van der Waals surface area (Å²) in [5.74, 6) is 0.793. The maximum atomic E-state index is 11.7. The Hall–Kier alpha value is -2.48.